The van der Waals surface area contributed by atoms with Crippen molar-refractivity contribution in [3.8, 4) is 0 Å². The lowest BCUT2D eigenvalue weighted by atomic mass is 10.0. The molecule has 0 aliphatic heterocycles. The van der Waals surface area contributed by atoms with E-state index in [2.05, 4.69) is 63.2 Å². The highest BCUT2D eigenvalue weighted by atomic mass is 16.5. The summed E-state index contributed by atoms with van der Waals surface area (Å²) < 4.78 is 8.61. The number of allylic oxidation sites excluding steroid dienone is 2. The number of hydrogen-bond acceptors (Lipinski definition) is 7. The van der Waals surface area contributed by atoms with Gasteiger partial charge in [0.15, 0.2) is 17.0 Å². The quantitative estimate of drug-likeness (QED) is 0.401. The fourth-order valence-electron chi connectivity index (χ4n) is 4.67. The number of fused-ring (bicyclic) bond motifs is 2. The van der Waals surface area contributed by atoms with Gasteiger partial charge in [0.1, 0.15) is 12.9 Å². The molecule has 5 aromatic rings. The van der Waals surface area contributed by atoms with E-state index in [4.69, 9.17) is 4.52 Å². The van der Waals surface area contributed by atoms with Crippen LogP contribution in [-0.4, -0.2) is 34.2 Å². The molecule has 1 aromatic carbocycles. The molecule has 9 nitrogen and oxygen atoms in total. The zero-order valence-corrected chi connectivity index (χ0v) is 19.1. The minimum absolute atomic E-state index is 0.172. The van der Waals surface area contributed by atoms with Crippen LogP contribution in [0.2, 0.25) is 0 Å². The first kappa shape index (κ1) is 20.5. The monoisotopic (exact) mass is 453 g/mol. The molecule has 170 valence electrons. The largest absolute Gasteiger partial charge is 0.337 e. The molecule has 34 heavy (non-hydrogen) atoms. The van der Waals surface area contributed by atoms with Crippen LogP contribution in [0.4, 0.5) is 0 Å². The van der Waals surface area contributed by atoms with E-state index >= 15 is 0 Å². The van der Waals surface area contributed by atoms with Crippen molar-refractivity contribution < 1.29 is 4.52 Å². The zero-order valence-electron chi connectivity index (χ0n) is 19.1. The normalized spacial score (nSPS) is 20.3. The summed E-state index contributed by atoms with van der Waals surface area (Å²) in [5, 5.41) is 6.53. The fraction of sp³-hybridized carbons (Fsp3) is 0.280. The third-order valence-electron chi connectivity index (χ3n) is 6.77. The van der Waals surface area contributed by atoms with Crippen molar-refractivity contribution in [3.63, 3.8) is 0 Å². The number of imidazole rings is 1. The van der Waals surface area contributed by atoms with Gasteiger partial charge in [0, 0.05) is 30.7 Å². The topological polar surface area (TPSA) is 105 Å². The lowest BCUT2D eigenvalue weighted by Crippen LogP contribution is -2.22. The van der Waals surface area contributed by atoms with Gasteiger partial charge in [-0.05, 0) is 47.4 Å². The van der Waals surface area contributed by atoms with Crippen LogP contribution in [0, 0.1) is 11.8 Å². The molecule has 0 saturated heterocycles. The van der Waals surface area contributed by atoms with Gasteiger partial charge < -0.3 is 9.09 Å². The maximum absolute atomic E-state index is 12.8. The summed E-state index contributed by atoms with van der Waals surface area (Å²) in [5.74, 6) is 2.02. The first-order chi connectivity index (χ1) is 16.5. The summed E-state index contributed by atoms with van der Waals surface area (Å²) >= 11 is 0. The summed E-state index contributed by atoms with van der Waals surface area (Å²) in [7, 11) is 1.77. The lowest BCUT2D eigenvalue weighted by Gasteiger charge is -2.04. The molecule has 0 N–H and O–H groups in total. The van der Waals surface area contributed by atoms with Gasteiger partial charge in [-0.2, -0.15) is 4.98 Å². The molecular formula is C25H23N7O2. The van der Waals surface area contributed by atoms with Crippen LogP contribution in [0.1, 0.15) is 37.0 Å². The summed E-state index contributed by atoms with van der Waals surface area (Å²) in [5.41, 5.74) is 3.09. The SMILES string of the molecule is C/C(=C\[C@@H]1[C@H](C)[C@H]1c1noc(Cn2cnc3ncn(C)c3c2=O)n1)c1ccc2ccncc2c1. The van der Waals surface area contributed by atoms with Gasteiger partial charge in [0.05, 0.1) is 6.33 Å². The standard InChI is InChI=1S/C25H23N7O2/c1-14(17-5-4-16-6-7-26-10-18(16)9-17)8-19-15(2)21(19)23-29-20(34-30-23)11-32-13-28-24-22(25(32)33)31(3)12-27-24/h4-10,12-13,15,19,21H,11H2,1-3H3/b14-8+/t15-,19+,21+/m0/s1. The average Bonchev–Trinajstić information content (AvgIpc) is 3.17. The summed E-state index contributed by atoms with van der Waals surface area (Å²) in [6.45, 7) is 4.51. The first-order valence-corrected chi connectivity index (χ1v) is 11.2. The second kappa shape index (κ2) is 7.72. The Morgan fingerprint density at radius 3 is 2.91 bits per heavy atom. The number of aromatic nitrogens is 7. The van der Waals surface area contributed by atoms with E-state index in [9.17, 15) is 4.79 Å². The molecule has 0 unspecified atom stereocenters. The third kappa shape index (κ3) is 3.40. The Kier molecular flexibility index (Phi) is 4.65. The number of aryl methyl sites for hydroxylation is 1. The molecule has 1 aliphatic carbocycles. The van der Waals surface area contributed by atoms with Crippen molar-refractivity contribution in [2.75, 3.05) is 0 Å². The Morgan fingerprint density at radius 1 is 1.18 bits per heavy atom. The van der Waals surface area contributed by atoms with Gasteiger partial charge in [-0.1, -0.05) is 30.3 Å². The van der Waals surface area contributed by atoms with Crippen LogP contribution >= 0.6 is 0 Å². The number of hydrogen-bond donors (Lipinski definition) is 0. The number of rotatable bonds is 5. The van der Waals surface area contributed by atoms with E-state index in [-0.39, 0.29) is 18.0 Å². The molecule has 6 rings (SSSR count). The lowest BCUT2D eigenvalue weighted by molar-refractivity contribution is 0.364. The van der Waals surface area contributed by atoms with Crippen molar-refractivity contribution in [1.82, 2.24) is 34.2 Å². The molecule has 0 bridgehead atoms. The van der Waals surface area contributed by atoms with E-state index in [1.165, 1.54) is 27.4 Å². The second-order valence-electron chi connectivity index (χ2n) is 9.00. The Labute approximate surface area is 194 Å². The predicted molar refractivity (Wildman–Crippen MR) is 127 cm³/mol. The summed E-state index contributed by atoms with van der Waals surface area (Å²) in [4.78, 5) is 30.0. The van der Waals surface area contributed by atoms with Crippen LogP contribution in [0.3, 0.4) is 0 Å². The molecule has 9 heteroatoms. The Balaban J connectivity index is 1.21. The minimum Gasteiger partial charge on any atom is -0.337 e. The van der Waals surface area contributed by atoms with E-state index in [0.29, 0.717) is 34.7 Å². The van der Waals surface area contributed by atoms with Crippen molar-refractivity contribution in [1.29, 1.82) is 0 Å². The Bertz CT molecular complexity index is 1630. The third-order valence-corrected chi connectivity index (χ3v) is 6.77. The van der Waals surface area contributed by atoms with Gasteiger partial charge in [-0.15, -0.1) is 0 Å². The van der Waals surface area contributed by atoms with Gasteiger partial charge in [-0.3, -0.25) is 14.3 Å². The van der Waals surface area contributed by atoms with Crippen LogP contribution < -0.4 is 5.56 Å². The zero-order chi connectivity index (χ0) is 23.4. The molecular weight excluding hydrogens is 430 g/mol. The molecule has 4 aromatic heterocycles. The minimum atomic E-state index is -0.188. The first-order valence-electron chi connectivity index (χ1n) is 11.2. The molecule has 0 spiro atoms. The maximum atomic E-state index is 12.8. The average molecular weight is 454 g/mol. The molecule has 0 radical (unpaired) electrons. The molecule has 4 heterocycles. The number of benzene rings is 1. The number of pyridine rings is 1. The van der Waals surface area contributed by atoms with Crippen LogP contribution in [-0.2, 0) is 13.6 Å². The maximum Gasteiger partial charge on any atom is 0.280 e. The molecule has 3 atom stereocenters. The van der Waals surface area contributed by atoms with Gasteiger partial charge in [-0.25, -0.2) is 9.97 Å². The van der Waals surface area contributed by atoms with Crippen molar-refractivity contribution in [2.24, 2.45) is 18.9 Å². The van der Waals surface area contributed by atoms with E-state index in [0.717, 1.165) is 5.39 Å². The van der Waals surface area contributed by atoms with Crippen LogP contribution in [0.25, 0.3) is 27.5 Å². The Hall–Kier alpha value is -4.14. The molecule has 1 fully saturated rings. The van der Waals surface area contributed by atoms with Gasteiger partial charge in [0.2, 0.25) is 5.89 Å². The number of nitrogens with zero attached hydrogens (tertiary/aromatic N) is 7. The second-order valence-corrected chi connectivity index (χ2v) is 9.00. The highest BCUT2D eigenvalue weighted by Gasteiger charge is 2.49. The van der Waals surface area contributed by atoms with Crippen molar-refractivity contribution >= 4 is 27.5 Å². The smallest absolute Gasteiger partial charge is 0.280 e. The van der Waals surface area contributed by atoms with Crippen LogP contribution in [0.15, 0.2) is 64.7 Å². The Morgan fingerprint density at radius 2 is 2.03 bits per heavy atom. The summed E-state index contributed by atoms with van der Waals surface area (Å²) in [6.07, 6.45) is 9.04. The van der Waals surface area contributed by atoms with E-state index in [1.807, 2.05) is 18.5 Å². The van der Waals surface area contributed by atoms with Crippen molar-refractivity contribution in [2.45, 2.75) is 26.3 Å². The van der Waals surface area contributed by atoms with Gasteiger partial charge in [0.25, 0.3) is 5.56 Å². The van der Waals surface area contributed by atoms with Crippen LogP contribution in [0.5, 0.6) is 0 Å². The van der Waals surface area contributed by atoms with Crippen molar-refractivity contribution in [3.05, 3.63) is 83.0 Å². The summed E-state index contributed by atoms with van der Waals surface area (Å²) in [6, 6.07) is 8.47. The van der Waals surface area contributed by atoms with E-state index in [1.54, 1.807) is 17.9 Å². The predicted octanol–water partition coefficient (Wildman–Crippen LogP) is 3.56. The molecule has 1 saturated carbocycles. The highest BCUT2D eigenvalue weighted by molar-refractivity contribution is 5.85. The molecule has 0 amide bonds. The van der Waals surface area contributed by atoms with E-state index < -0.39 is 0 Å². The fourth-order valence-corrected chi connectivity index (χ4v) is 4.67. The molecule has 1 aliphatic rings. The van der Waals surface area contributed by atoms with Gasteiger partial charge >= 0.3 is 0 Å². The highest BCUT2D eigenvalue weighted by Crippen LogP contribution is 2.54.